The van der Waals surface area contributed by atoms with Gasteiger partial charge >= 0.3 is 11.7 Å². The van der Waals surface area contributed by atoms with Crippen LogP contribution in [0.4, 0.5) is 9.18 Å². The van der Waals surface area contributed by atoms with Crippen molar-refractivity contribution in [2.45, 2.75) is 32.9 Å². The minimum atomic E-state index is -0.593. The molecule has 0 spiro atoms. The van der Waals surface area contributed by atoms with Crippen molar-refractivity contribution in [3.63, 3.8) is 0 Å². The van der Waals surface area contributed by atoms with Gasteiger partial charge in [-0.05, 0) is 24.5 Å². The number of urea groups is 1. The van der Waals surface area contributed by atoms with Crippen molar-refractivity contribution in [3.05, 3.63) is 67.2 Å². The second kappa shape index (κ2) is 6.92. The molecule has 0 saturated carbocycles. The van der Waals surface area contributed by atoms with Gasteiger partial charge in [-0.15, -0.1) is 0 Å². The van der Waals surface area contributed by atoms with Gasteiger partial charge in [0.2, 0.25) is 0 Å². The van der Waals surface area contributed by atoms with Crippen molar-refractivity contribution in [2.24, 2.45) is 0 Å². The molecule has 3 rings (SSSR count). The normalized spacial score (nSPS) is 13.4. The Kier molecular flexibility index (Phi) is 4.69. The Morgan fingerprint density at radius 1 is 1.32 bits per heavy atom. The van der Waals surface area contributed by atoms with Crippen LogP contribution in [0.25, 0.3) is 0 Å². The Labute approximate surface area is 142 Å². The van der Waals surface area contributed by atoms with Crippen molar-refractivity contribution in [3.8, 4) is 0 Å². The molecule has 2 heterocycles. The van der Waals surface area contributed by atoms with Crippen LogP contribution in [-0.2, 0) is 25.9 Å². The minimum Gasteiger partial charge on any atom is -0.334 e. The maximum Gasteiger partial charge on any atom is 0.325 e. The number of hydrogen-bond acceptors (Lipinski definition) is 3. The number of rotatable bonds is 3. The molecule has 0 bridgehead atoms. The average molecular weight is 346 g/mol. The Morgan fingerprint density at radius 2 is 2.12 bits per heavy atom. The van der Waals surface area contributed by atoms with Crippen molar-refractivity contribution >= 4 is 6.03 Å². The number of carbonyl (C=O) groups is 1. The summed E-state index contributed by atoms with van der Waals surface area (Å²) in [5.74, 6) is -0.348. The third-order valence-corrected chi connectivity index (χ3v) is 4.35. The molecular formula is C17H19FN4O3. The Balaban J connectivity index is 1.66. The number of H-pyrrole nitrogens is 2. The van der Waals surface area contributed by atoms with Gasteiger partial charge in [0.15, 0.2) is 0 Å². The zero-order chi connectivity index (χ0) is 18.0. The zero-order valence-electron chi connectivity index (χ0n) is 13.8. The van der Waals surface area contributed by atoms with Crippen molar-refractivity contribution < 1.29 is 9.18 Å². The van der Waals surface area contributed by atoms with Gasteiger partial charge < -0.3 is 15.2 Å². The highest BCUT2D eigenvalue weighted by molar-refractivity contribution is 5.74. The molecule has 1 aromatic heterocycles. The molecule has 0 radical (unpaired) electrons. The number of aromatic nitrogens is 2. The quantitative estimate of drug-likeness (QED) is 0.774. The van der Waals surface area contributed by atoms with Crippen molar-refractivity contribution in [2.75, 3.05) is 6.54 Å². The largest absolute Gasteiger partial charge is 0.334 e. The Morgan fingerprint density at radius 3 is 2.84 bits per heavy atom. The molecular weight excluding hydrogens is 327 g/mol. The summed E-state index contributed by atoms with van der Waals surface area (Å²) in [5, 5.41) is 2.68. The number of nitrogens with one attached hydrogen (secondary N) is 3. The lowest BCUT2D eigenvalue weighted by Gasteiger charge is -2.28. The number of aryl methyl sites for hydroxylation is 1. The highest BCUT2D eigenvalue weighted by Crippen LogP contribution is 2.14. The predicted molar refractivity (Wildman–Crippen MR) is 89.8 cm³/mol. The summed E-state index contributed by atoms with van der Waals surface area (Å²) in [6, 6.07) is 4.59. The van der Waals surface area contributed by atoms with E-state index in [1.807, 2.05) is 13.0 Å². The molecule has 1 aliphatic heterocycles. The number of halogens is 1. The van der Waals surface area contributed by atoms with Gasteiger partial charge in [-0.25, -0.2) is 14.0 Å². The van der Waals surface area contributed by atoms with Gasteiger partial charge in [-0.3, -0.25) is 9.78 Å². The first kappa shape index (κ1) is 16.9. The van der Waals surface area contributed by atoms with Gasteiger partial charge in [0.1, 0.15) is 5.82 Å². The number of hydrogen-bond donors (Lipinski definition) is 3. The van der Waals surface area contributed by atoms with E-state index < -0.39 is 11.2 Å². The molecule has 0 fully saturated rings. The smallest absolute Gasteiger partial charge is 0.325 e. The molecule has 0 saturated heterocycles. The fraction of sp³-hybridized carbons (Fsp3) is 0.353. The summed E-state index contributed by atoms with van der Waals surface area (Å²) in [4.78, 5) is 41.6. The molecule has 0 atom stereocenters. The Hall–Kier alpha value is -2.90. The second-order valence-corrected chi connectivity index (χ2v) is 5.97. The molecule has 1 aromatic carbocycles. The van der Waals surface area contributed by atoms with Gasteiger partial charge in [-0.2, -0.15) is 0 Å². The first-order valence-electron chi connectivity index (χ1n) is 8.12. The number of fused-ring (bicyclic) bond motifs is 1. The molecule has 2 aromatic rings. The molecule has 1 aliphatic rings. The molecule has 0 unspecified atom stereocenters. The monoisotopic (exact) mass is 346 g/mol. The third kappa shape index (κ3) is 3.62. The van der Waals surface area contributed by atoms with E-state index in [0.29, 0.717) is 29.8 Å². The predicted octanol–water partition coefficient (Wildman–Crippen LogP) is 1.03. The SMILES string of the molecule is CCc1ccc(CNC(=O)N2CCc3c([nH]c(=O)[nH]c3=O)C2)c(F)c1. The van der Waals surface area contributed by atoms with Crippen LogP contribution in [0.3, 0.4) is 0 Å². The summed E-state index contributed by atoms with van der Waals surface area (Å²) in [6.07, 6.45) is 1.10. The fourth-order valence-corrected chi connectivity index (χ4v) is 2.89. The summed E-state index contributed by atoms with van der Waals surface area (Å²) in [5.41, 5.74) is 1.22. The molecule has 25 heavy (non-hydrogen) atoms. The standard InChI is InChI=1S/C17H19FN4O3/c1-2-10-3-4-11(13(18)7-10)8-19-17(25)22-6-5-12-14(9-22)20-16(24)21-15(12)23/h3-4,7H,2,5-6,8-9H2,1H3,(H,19,25)(H2,20,21,23,24). The third-order valence-electron chi connectivity index (χ3n) is 4.35. The lowest BCUT2D eigenvalue weighted by molar-refractivity contribution is 0.190. The fourth-order valence-electron chi connectivity index (χ4n) is 2.89. The summed E-state index contributed by atoms with van der Waals surface area (Å²) >= 11 is 0. The van der Waals surface area contributed by atoms with E-state index in [1.54, 1.807) is 6.07 Å². The van der Waals surface area contributed by atoms with Crippen LogP contribution in [0.1, 0.15) is 29.3 Å². The van der Waals surface area contributed by atoms with Gasteiger partial charge in [0.05, 0.1) is 6.54 Å². The number of benzene rings is 1. The van der Waals surface area contributed by atoms with Gasteiger partial charge in [-0.1, -0.05) is 19.1 Å². The first-order chi connectivity index (χ1) is 12.0. The summed E-state index contributed by atoms with van der Waals surface area (Å²) in [6.45, 7) is 2.51. The number of nitrogens with zero attached hydrogens (tertiary/aromatic N) is 1. The number of amides is 2. The van der Waals surface area contributed by atoms with Gasteiger partial charge in [0, 0.05) is 29.9 Å². The molecule has 8 heteroatoms. The topological polar surface area (TPSA) is 98.1 Å². The van der Waals surface area contributed by atoms with E-state index in [2.05, 4.69) is 15.3 Å². The second-order valence-electron chi connectivity index (χ2n) is 5.97. The van der Waals surface area contributed by atoms with E-state index in [4.69, 9.17) is 0 Å². The molecule has 0 aliphatic carbocycles. The zero-order valence-corrected chi connectivity index (χ0v) is 13.8. The number of aromatic amines is 2. The maximum atomic E-state index is 14.0. The van der Waals surface area contributed by atoms with Crippen LogP contribution in [0.15, 0.2) is 27.8 Å². The summed E-state index contributed by atoms with van der Waals surface area (Å²) in [7, 11) is 0. The van der Waals surface area contributed by atoms with Crippen LogP contribution < -0.4 is 16.6 Å². The highest BCUT2D eigenvalue weighted by Gasteiger charge is 2.23. The van der Waals surface area contributed by atoms with Crippen LogP contribution in [-0.4, -0.2) is 27.4 Å². The van der Waals surface area contributed by atoms with E-state index in [1.165, 1.54) is 11.0 Å². The molecule has 3 N–H and O–H groups in total. The highest BCUT2D eigenvalue weighted by atomic mass is 19.1. The minimum absolute atomic E-state index is 0.0733. The van der Waals surface area contributed by atoms with E-state index in [0.717, 1.165) is 12.0 Å². The average Bonchev–Trinajstić information content (AvgIpc) is 2.59. The summed E-state index contributed by atoms with van der Waals surface area (Å²) < 4.78 is 14.0. The number of carbonyl (C=O) groups excluding carboxylic acids is 1. The Bertz CT molecular complexity index is 919. The lowest BCUT2D eigenvalue weighted by Crippen LogP contribution is -2.45. The van der Waals surface area contributed by atoms with Crippen LogP contribution in [0.2, 0.25) is 0 Å². The van der Waals surface area contributed by atoms with Crippen LogP contribution in [0.5, 0.6) is 0 Å². The van der Waals surface area contributed by atoms with E-state index in [9.17, 15) is 18.8 Å². The van der Waals surface area contributed by atoms with E-state index in [-0.39, 0.29) is 24.9 Å². The maximum absolute atomic E-state index is 14.0. The van der Waals surface area contributed by atoms with Crippen molar-refractivity contribution in [1.82, 2.24) is 20.2 Å². The molecule has 7 nitrogen and oxygen atoms in total. The van der Waals surface area contributed by atoms with Crippen LogP contribution >= 0.6 is 0 Å². The molecule has 2 amide bonds. The van der Waals surface area contributed by atoms with Crippen molar-refractivity contribution in [1.29, 1.82) is 0 Å². The van der Waals surface area contributed by atoms with E-state index >= 15 is 0 Å². The van der Waals surface area contributed by atoms with Gasteiger partial charge in [0.25, 0.3) is 5.56 Å². The lowest BCUT2D eigenvalue weighted by atomic mass is 10.1. The van der Waals surface area contributed by atoms with Crippen LogP contribution in [0, 0.1) is 5.82 Å². The molecule has 132 valence electrons. The first-order valence-corrected chi connectivity index (χ1v) is 8.12.